The van der Waals surface area contributed by atoms with Crippen molar-refractivity contribution in [2.45, 2.75) is 25.0 Å². The van der Waals surface area contributed by atoms with Gasteiger partial charge >= 0.3 is 5.97 Å². The Morgan fingerprint density at radius 2 is 1.36 bits per heavy atom. The Morgan fingerprint density at radius 3 is 2.00 bits per heavy atom. The van der Waals surface area contributed by atoms with Gasteiger partial charge in [-0.05, 0) is 25.0 Å². The van der Waals surface area contributed by atoms with Crippen molar-refractivity contribution in [1.82, 2.24) is 0 Å². The van der Waals surface area contributed by atoms with Crippen molar-refractivity contribution >= 4 is 17.6 Å². The quantitative estimate of drug-likeness (QED) is 0.272. The van der Waals surface area contributed by atoms with Gasteiger partial charge in [0.15, 0.2) is 5.60 Å². The first-order valence-corrected chi connectivity index (χ1v) is 11.3. The highest BCUT2D eigenvalue weighted by Gasteiger charge is 2.43. The van der Waals surface area contributed by atoms with Gasteiger partial charge in [-0.2, -0.15) is 0 Å². The molecule has 0 aromatic heterocycles. The van der Waals surface area contributed by atoms with Crippen LogP contribution in [0.25, 0.3) is 0 Å². The highest BCUT2D eigenvalue weighted by molar-refractivity contribution is 6.31. The molecule has 0 heterocycles. The van der Waals surface area contributed by atoms with Crippen molar-refractivity contribution < 1.29 is 9.53 Å². The Bertz CT molecular complexity index is 1210. The van der Waals surface area contributed by atoms with Crippen LogP contribution in [0.15, 0.2) is 109 Å². The summed E-state index contributed by atoms with van der Waals surface area (Å²) in [5, 5.41) is 0.506. The zero-order valence-electron chi connectivity index (χ0n) is 18.4. The Morgan fingerprint density at radius 1 is 0.818 bits per heavy atom. The van der Waals surface area contributed by atoms with E-state index in [1.807, 2.05) is 110 Å². The summed E-state index contributed by atoms with van der Waals surface area (Å²) in [7, 11) is 0. The lowest BCUT2D eigenvalue weighted by Crippen LogP contribution is -2.43. The minimum Gasteiger partial charge on any atom is -0.443 e. The van der Waals surface area contributed by atoms with E-state index in [0.29, 0.717) is 17.0 Å². The van der Waals surface area contributed by atoms with Crippen LogP contribution in [-0.2, 0) is 21.6 Å². The third-order valence-electron chi connectivity index (χ3n) is 5.75. The average molecular weight is 456 g/mol. The van der Waals surface area contributed by atoms with Crippen LogP contribution in [-0.4, -0.2) is 12.0 Å². The first kappa shape index (κ1) is 22.8. The molecule has 1 unspecified atom stereocenters. The van der Waals surface area contributed by atoms with Gasteiger partial charge in [-0.15, -0.1) is 0 Å². The second-order valence-corrected chi connectivity index (χ2v) is 8.52. The second kappa shape index (κ2) is 10.0. The molecule has 4 aromatic carbocycles. The van der Waals surface area contributed by atoms with E-state index in [9.17, 15) is 4.79 Å². The number of aryl methyl sites for hydroxylation is 1. The Hall–Kier alpha value is -3.40. The summed E-state index contributed by atoms with van der Waals surface area (Å²) < 4.78 is 6.40. The molecule has 0 aliphatic rings. The van der Waals surface area contributed by atoms with Crippen molar-refractivity contribution in [3.05, 3.63) is 142 Å². The Labute approximate surface area is 199 Å². The van der Waals surface area contributed by atoms with Crippen molar-refractivity contribution in [3.8, 4) is 0 Å². The fourth-order valence-corrected chi connectivity index (χ4v) is 4.31. The number of benzene rings is 4. The summed E-state index contributed by atoms with van der Waals surface area (Å²) in [4.78, 5) is 13.5. The van der Waals surface area contributed by atoms with Crippen molar-refractivity contribution in [2.75, 3.05) is 0 Å². The topological polar surface area (TPSA) is 52.3 Å². The number of nitrogens with two attached hydrogens (primary N) is 1. The third-order valence-corrected chi connectivity index (χ3v) is 6.08. The molecule has 0 saturated heterocycles. The van der Waals surface area contributed by atoms with E-state index in [0.717, 1.165) is 22.3 Å². The largest absolute Gasteiger partial charge is 0.443 e. The van der Waals surface area contributed by atoms with Crippen LogP contribution in [0.5, 0.6) is 0 Å². The minimum absolute atomic E-state index is 0.376. The van der Waals surface area contributed by atoms with E-state index in [1.165, 1.54) is 0 Å². The maximum atomic E-state index is 13.5. The molecule has 0 aliphatic heterocycles. The molecular weight excluding hydrogens is 430 g/mol. The Kier molecular flexibility index (Phi) is 6.93. The zero-order chi connectivity index (χ0) is 23.3. The van der Waals surface area contributed by atoms with Crippen molar-refractivity contribution in [1.29, 1.82) is 0 Å². The molecule has 166 valence electrons. The highest BCUT2D eigenvalue weighted by atomic mass is 35.5. The number of rotatable bonds is 7. The molecule has 0 spiro atoms. The summed E-state index contributed by atoms with van der Waals surface area (Å²) in [5.41, 5.74) is 9.45. The second-order valence-electron chi connectivity index (χ2n) is 8.11. The molecule has 2 atom stereocenters. The Balaban J connectivity index is 1.85. The summed E-state index contributed by atoms with van der Waals surface area (Å²) in [6, 6.07) is 33.9. The summed E-state index contributed by atoms with van der Waals surface area (Å²) in [5.74, 6) is -0.497. The van der Waals surface area contributed by atoms with Gasteiger partial charge in [-0.3, -0.25) is 4.79 Å². The van der Waals surface area contributed by atoms with Gasteiger partial charge in [0.25, 0.3) is 0 Å². The normalized spacial score (nSPS) is 13.7. The van der Waals surface area contributed by atoms with Crippen LogP contribution in [0.2, 0.25) is 5.02 Å². The van der Waals surface area contributed by atoms with Gasteiger partial charge < -0.3 is 10.5 Å². The van der Waals surface area contributed by atoms with Crippen LogP contribution in [0.3, 0.4) is 0 Å². The zero-order valence-corrected chi connectivity index (χ0v) is 19.2. The summed E-state index contributed by atoms with van der Waals surface area (Å²) in [6.45, 7) is 2.02. The number of carbonyl (C=O) groups excluding carboxylic acids is 1. The van der Waals surface area contributed by atoms with E-state index in [-0.39, 0.29) is 0 Å². The van der Waals surface area contributed by atoms with E-state index < -0.39 is 17.6 Å². The van der Waals surface area contributed by atoms with E-state index >= 15 is 0 Å². The molecule has 0 fully saturated rings. The third kappa shape index (κ3) is 4.85. The summed E-state index contributed by atoms with van der Waals surface area (Å²) in [6.07, 6.45) is 0.376. The summed E-state index contributed by atoms with van der Waals surface area (Å²) >= 11 is 6.71. The molecule has 0 radical (unpaired) electrons. The monoisotopic (exact) mass is 455 g/mol. The van der Waals surface area contributed by atoms with E-state index in [4.69, 9.17) is 22.1 Å². The number of esters is 1. The molecule has 0 aliphatic carbocycles. The van der Waals surface area contributed by atoms with Gasteiger partial charge in [-0.25, -0.2) is 0 Å². The molecule has 0 amide bonds. The smallest absolute Gasteiger partial charge is 0.324 e. The van der Waals surface area contributed by atoms with Crippen molar-refractivity contribution in [3.63, 3.8) is 0 Å². The lowest BCUT2D eigenvalue weighted by molar-refractivity contribution is -0.155. The molecule has 4 heteroatoms. The molecule has 4 aromatic rings. The van der Waals surface area contributed by atoms with Gasteiger partial charge in [0, 0.05) is 21.7 Å². The number of ether oxygens (including phenoxy) is 1. The molecular formula is C29H26ClNO2. The van der Waals surface area contributed by atoms with Crippen LogP contribution in [0, 0.1) is 6.92 Å². The van der Waals surface area contributed by atoms with Crippen LogP contribution in [0.4, 0.5) is 0 Å². The van der Waals surface area contributed by atoms with Gasteiger partial charge in [0.2, 0.25) is 0 Å². The molecule has 4 rings (SSSR count). The molecule has 3 nitrogen and oxygen atoms in total. The van der Waals surface area contributed by atoms with Gasteiger partial charge in [0.1, 0.15) is 6.04 Å². The number of hydrogen-bond acceptors (Lipinski definition) is 3. The van der Waals surface area contributed by atoms with Gasteiger partial charge in [0.05, 0.1) is 0 Å². The van der Waals surface area contributed by atoms with E-state index in [2.05, 4.69) is 0 Å². The lowest BCUT2D eigenvalue weighted by atomic mass is 9.79. The molecule has 0 bridgehead atoms. The standard InChI is InChI=1S/C29H26ClNO2/c1-21-16-18-24(19-17-21)29(23-12-6-3-7-13-23,25-14-8-9-15-26(25)30)33-28(32)27(31)20-22-10-4-2-5-11-22/h2-19,27H,20,31H2,1H3/t27-,29?/m1/s1. The lowest BCUT2D eigenvalue weighted by Gasteiger charge is -2.36. The van der Waals surface area contributed by atoms with Crippen LogP contribution >= 0.6 is 11.6 Å². The van der Waals surface area contributed by atoms with Crippen LogP contribution < -0.4 is 5.73 Å². The molecule has 0 saturated carbocycles. The number of carbonyl (C=O) groups is 1. The highest BCUT2D eigenvalue weighted by Crippen LogP contribution is 2.43. The maximum Gasteiger partial charge on any atom is 0.324 e. The minimum atomic E-state index is -1.25. The molecule has 2 N–H and O–H groups in total. The first-order valence-electron chi connectivity index (χ1n) is 10.9. The molecule has 33 heavy (non-hydrogen) atoms. The number of hydrogen-bond donors (Lipinski definition) is 1. The first-order chi connectivity index (χ1) is 16.0. The van der Waals surface area contributed by atoms with Gasteiger partial charge in [-0.1, -0.05) is 120 Å². The SMILES string of the molecule is Cc1ccc(C(OC(=O)[C@H](N)Cc2ccccc2)(c2ccccc2)c2ccccc2Cl)cc1. The maximum absolute atomic E-state index is 13.5. The average Bonchev–Trinajstić information content (AvgIpc) is 2.84. The predicted octanol–water partition coefficient (Wildman–Crippen LogP) is 6.05. The van der Waals surface area contributed by atoms with E-state index in [1.54, 1.807) is 6.07 Å². The number of halogens is 1. The fraction of sp³-hybridized carbons (Fsp3) is 0.138. The predicted molar refractivity (Wildman–Crippen MR) is 133 cm³/mol. The van der Waals surface area contributed by atoms with Crippen LogP contribution in [0.1, 0.15) is 27.8 Å². The van der Waals surface area contributed by atoms with Crippen molar-refractivity contribution in [2.24, 2.45) is 5.73 Å². The fourth-order valence-electron chi connectivity index (χ4n) is 4.04.